The molecule has 0 radical (unpaired) electrons. The summed E-state index contributed by atoms with van der Waals surface area (Å²) >= 11 is 0. The molecule has 0 aliphatic carbocycles. The Morgan fingerprint density at radius 1 is 1.05 bits per heavy atom. The van der Waals surface area contributed by atoms with Crippen molar-refractivity contribution >= 4 is 11.9 Å². The maximum absolute atomic E-state index is 11.4. The molecule has 0 fully saturated rings. The molecule has 110 valence electrons. The summed E-state index contributed by atoms with van der Waals surface area (Å²) in [5.41, 5.74) is -0.0423. The lowest BCUT2D eigenvalue weighted by molar-refractivity contribution is -0.149. The van der Waals surface area contributed by atoms with E-state index in [9.17, 15) is 19.8 Å². The summed E-state index contributed by atoms with van der Waals surface area (Å²) < 4.78 is 9.51. The first-order valence-electron chi connectivity index (χ1n) is 6.27. The van der Waals surface area contributed by atoms with Gasteiger partial charge in [-0.15, -0.1) is 0 Å². The predicted octanol–water partition coefficient (Wildman–Crippen LogP) is 0.561. The van der Waals surface area contributed by atoms with Crippen molar-refractivity contribution in [1.82, 2.24) is 0 Å². The number of hydrogen-bond acceptors (Lipinski definition) is 6. The molecule has 0 aromatic heterocycles. The van der Waals surface area contributed by atoms with E-state index >= 15 is 0 Å². The van der Waals surface area contributed by atoms with Crippen molar-refractivity contribution in [3.63, 3.8) is 0 Å². The smallest absolute Gasteiger partial charge is 0.334 e. The number of ether oxygens (including phenoxy) is 2. The number of esters is 2. The first kappa shape index (κ1) is 17.6. The quantitative estimate of drug-likeness (QED) is 0.471. The van der Waals surface area contributed by atoms with Gasteiger partial charge in [0.2, 0.25) is 0 Å². The lowest BCUT2D eigenvalue weighted by Gasteiger charge is -2.11. The van der Waals surface area contributed by atoms with Crippen molar-refractivity contribution in [3.05, 3.63) is 12.2 Å². The Labute approximate surface area is 113 Å². The number of rotatable bonds is 9. The molecule has 2 atom stereocenters. The Hall–Kier alpha value is -1.40. The molecule has 0 aromatic carbocycles. The van der Waals surface area contributed by atoms with Crippen LogP contribution in [-0.2, 0) is 19.1 Å². The third-order valence-corrected chi connectivity index (χ3v) is 2.43. The van der Waals surface area contributed by atoms with Crippen LogP contribution < -0.4 is 0 Å². The SMILES string of the molecule is C=C(CC(=O)OCC(O)CC)C(=O)OCC(O)CC. The molecule has 6 heteroatoms. The minimum atomic E-state index is -0.736. The van der Waals surface area contributed by atoms with Gasteiger partial charge >= 0.3 is 11.9 Å². The minimum Gasteiger partial charge on any atom is -0.463 e. The van der Waals surface area contributed by atoms with E-state index in [2.05, 4.69) is 6.58 Å². The fourth-order valence-corrected chi connectivity index (χ4v) is 0.996. The van der Waals surface area contributed by atoms with Crippen molar-refractivity contribution in [3.8, 4) is 0 Å². The third-order valence-electron chi connectivity index (χ3n) is 2.43. The summed E-state index contributed by atoms with van der Waals surface area (Å²) in [6.45, 7) is 6.71. The second-order valence-corrected chi connectivity index (χ2v) is 4.19. The molecule has 0 bridgehead atoms. The lowest BCUT2D eigenvalue weighted by Crippen LogP contribution is -2.21. The predicted molar refractivity (Wildman–Crippen MR) is 68.3 cm³/mol. The van der Waals surface area contributed by atoms with Gasteiger partial charge < -0.3 is 19.7 Å². The van der Waals surface area contributed by atoms with Crippen LogP contribution in [-0.4, -0.2) is 47.6 Å². The molecule has 0 aliphatic rings. The number of carbonyl (C=O) groups is 2. The van der Waals surface area contributed by atoms with Crippen molar-refractivity contribution < 1.29 is 29.3 Å². The Morgan fingerprint density at radius 3 is 2.00 bits per heavy atom. The van der Waals surface area contributed by atoms with Crippen molar-refractivity contribution in [1.29, 1.82) is 0 Å². The van der Waals surface area contributed by atoms with Crippen LogP contribution in [0, 0.1) is 0 Å². The van der Waals surface area contributed by atoms with Crippen LogP contribution in [0.5, 0.6) is 0 Å². The van der Waals surface area contributed by atoms with Gasteiger partial charge in [0.15, 0.2) is 0 Å². The summed E-state index contributed by atoms with van der Waals surface area (Å²) in [5.74, 6) is -1.38. The number of hydrogen-bond donors (Lipinski definition) is 2. The van der Waals surface area contributed by atoms with Crippen molar-refractivity contribution in [2.24, 2.45) is 0 Å². The second kappa shape index (κ2) is 9.52. The van der Waals surface area contributed by atoms with Crippen LogP contribution in [0.15, 0.2) is 12.2 Å². The zero-order chi connectivity index (χ0) is 14.8. The average molecular weight is 274 g/mol. The summed E-state index contributed by atoms with van der Waals surface area (Å²) in [6, 6.07) is 0. The highest BCUT2D eigenvalue weighted by atomic mass is 16.5. The van der Waals surface area contributed by atoms with Gasteiger partial charge in [0.1, 0.15) is 13.2 Å². The second-order valence-electron chi connectivity index (χ2n) is 4.19. The van der Waals surface area contributed by atoms with Crippen LogP contribution in [0.25, 0.3) is 0 Å². The Kier molecular flexibility index (Phi) is 8.82. The highest BCUT2D eigenvalue weighted by molar-refractivity contribution is 5.93. The van der Waals surface area contributed by atoms with E-state index in [-0.39, 0.29) is 25.2 Å². The van der Waals surface area contributed by atoms with Crippen LogP contribution in [0.2, 0.25) is 0 Å². The normalized spacial score (nSPS) is 13.5. The van der Waals surface area contributed by atoms with E-state index in [0.717, 1.165) is 0 Å². The Morgan fingerprint density at radius 2 is 1.53 bits per heavy atom. The summed E-state index contributed by atoms with van der Waals surface area (Å²) in [4.78, 5) is 22.7. The summed E-state index contributed by atoms with van der Waals surface area (Å²) in [6.07, 6.45) is -0.772. The molecule has 19 heavy (non-hydrogen) atoms. The fraction of sp³-hybridized carbons (Fsp3) is 0.692. The van der Waals surface area contributed by atoms with E-state index in [4.69, 9.17) is 9.47 Å². The Balaban J connectivity index is 3.95. The molecular formula is C13H22O6. The lowest BCUT2D eigenvalue weighted by atomic mass is 10.2. The fourth-order valence-electron chi connectivity index (χ4n) is 0.996. The van der Waals surface area contributed by atoms with E-state index in [1.807, 2.05) is 0 Å². The average Bonchev–Trinajstić information content (AvgIpc) is 2.41. The molecule has 6 nitrogen and oxygen atoms in total. The molecule has 0 saturated carbocycles. The molecule has 0 aromatic rings. The summed E-state index contributed by atoms with van der Waals surface area (Å²) in [7, 11) is 0. The highest BCUT2D eigenvalue weighted by Gasteiger charge is 2.16. The minimum absolute atomic E-state index is 0.0423. The maximum Gasteiger partial charge on any atom is 0.334 e. The maximum atomic E-state index is 11.4. The van der Waals surface area contributed by atoms with E-state index < -0.39 is 24.1 Å². The molecule has 2 unspecified atom stereocenters. The van der Waals surface area contributed by atoms with Gasteiger partial charge in [0.05, 0.1) is 18.6 Å². The van der Waals surface area contributed by atoms with Gasteiger partial charge in [0.25, 0.3) is 0 Å². The van der Waals surface area contributed by atoms with Crippen LogP contribution in [0.1, 0.15) is 33.1 Å². The van der Waals surface area contributed by atoms with Gasteiger partial charge in [-0.2, -0.15) is 0 Å². The van der Waals surface area contributed by atoms with Gasteiger partial charge in [-0.3, -0.25) is 4.79 Å². The first-order chi connectivity index (χ1) is 8.90. The molecule has 0 rings (SSSR count). The third kappa shape index (κ3) is 8.34. The highest BCUT2D eigenvalue weighted by Crippen LogP contribution is 2.05. The first-order valence-corrected chi connectivity index (χ1v) is 6.27. The molecule has 0 aliphatic heterocycles. The largest absolute Gasteiger partial charge is 0.463 e. The zero-order valence-corrected chi connectivity index (χ0v) is 11.4. The van der Waals surface area contributed by atoms with E-state index in [0.29, 0.717) is 12.8 Å². The van der Waals surface area contributed by atoms with Gasteiger partial charge in [-0.05, 0) is 12.8 Å². The molecule has 0 amide bonds. The molecular weight excluding hydrogens is 252 g/mol. The van der Waals surface area contributed by atoms with Crippen molar-refractivity contribution in [2.75, 3.05) is 13.2 Å². The number of carbonyl (C=O) groups excluding carboxylic acids is 2. The van der Waals surface area contributed by atoms with E-state index in [1.165, 1.54) is 0 Å². The monoisotopic (exact) mass is 274 g/mol. The van der Waals surface area contributed by atoms with Gasteiger partial charge in [0, 0.05) is 5.57 Å². The van der Waals surface area contributed by atoms with Crippen LogP contribution >= 0.6 is 0 Å². The summed E-state index contributed by atoms with van der Waals surface area (Å²) in [5, 5.41) is 18.4. The standard InChI is InChI=1S/C13H22O6/c1-4-10(14)7-18-12(16)6-9(3)13(17)19-8-11(15)5-2/h10-11,14-15H,3-8H2,1-2H3. The van der Waals surface area contributed by atoms with Crippen molar-refractivity contribution in [2.45, 2.75) is 45.3 Å². The zero-order valence-electron chi connectivity index (χ0n) is 11.4. The van der Waals surface area contributed by atoms with Crippen LogP contribution in [0.4, 0.5) is 0 Å². The molecule has 0 heterocycles. The molecule has 2 N–H and O–H groups in total. The topological polar surface area (TPSA) is 93.1 Å². The number of aliphatic hydroxyl groups is 2. The molecule has 0 saturated heterocycles. The van der Waals surface area contributed by atoms with Gasteiger partial charge in [-0.1, -0.05) is 20.4 Å². The number of aliphatic hydroxyl groups excluding tert-OH is 2. The van der Waals surface area contributed by atoms with E-state index in [1.54, 1.807) is 13.8 Å². The molecule has 0 spiro atoms. The van der Waals surface area contributed by atoms with Gasteiger partial charge in [-0.25, -0.2) is 4.79 Å². The van der Waals surface area contributed by atoms with Crippen LogP contribution in [0.3, 0.4) is 0 Å². The Bertz CT molecular complexity index is 312.